The predicted molar refractivity (Wildman–Crippen MR) is 155 cm³/mol. The second kappa shape index (κ2) is 12.3. The fraction of sp³-hybridized carbons (Fsp3) is 0.394. The van der Waals surface area contributed by atoms with Crippen LogP contribution in [0.15, 0.2) is 60.7 Å². The summed E-state index contributed by atoms with van der Waals surface area (Å²) in [5.74, 6) is 0.376. The second-order valence-electron chi connectivity index (χ2n) is 11.0. The van der Waals surface area contributed by atoms with Crippen LogP contribution in [0.1, 0.15) is 54.6 Å². The highest BCUT2D eigenvalue weighted by Gasteiger charge is 2.44. The molecule has 2 saturated heterocycles. The van der Waals surface area contributed by atoms with E-state index in [4.69, 9.17) is 14.6 Å². The summed E-state index contributed by atoms with van der Waals surface area (Å²) in [6, 6.07) is 17.3. The molecule has 2 aliphatic rings. The zero-order chi connectivity index (χ0) is 29.0. The number of carboxylic acids is 1. The van der Waals surface area contributed by atoms with E-state index in [2.05, 4.69) is 17.0 Å². The van der Waals surface area contributed by atoms with Crippen LogP contribution in [-0.4, -0.2) is 59.6 Å². The molecule has 2 fully saturated rings. The van der Waals surface area contributed by atoms with Gasteiger partial charge in [-0.2, -0.15) is 0 Å². The number of carbonyl (C=O) groups is 2. The third-order valence-electron chi connectivity index (χ3n) is 8.16. The molecule has 3 aromatic carbocycles. The Balaban J connectivity index is 1.25. The number of benzene rings is 3. The minimum atomic E-state index is -0.952. The summed E-state index contributed by atoms with van der Waals surface area (Å²) in [4.78, 5) is 28.4. The van der Waals surface area contributed by atoms with Crippen molar-refractivity contribution in [1.29, 1.82) is 0 Å². The summed E-state index contributed by atoms with van der Waals surface area (Å²) < 4.78 is 25.7. The summed E-state index contributed by atoms with van der Waals surface area (Å²) in [6.45, 7) is 8.66. The second-order valence-corrected chi connectivity index (χ2v) is 11.0. The Hall–Kier alpha value is -3.91. The minimum Gasteiger partial charge on any atom is -0.493 e. The molecule has 1 N–H and O–H groups in total. The third kappa shape index (κ3) is 6.54. The number of hydrogen-bond acceptors (Lipinski definition) is 5. The Morgan fingerprint density at radius 2 is 1.51 bits per heavy atom. The van der Waals surface area contributed by atoms with E-state index in [1.807, 2.05) is 18.7 Å². The lowest BCUT2D eigenvalue weighted by Crippen LogP contribution is -2.41. The van der Waals surface area contributed by atoms with Crippen molar-refractivity contribution in [3.63, 3.8) is 0 Å². The molecule has 8 heteroatoms. The number of halogens is 1. The Morgan fingerprint density at radius 1 is 0.902 bits per heavy atom. The van der Waals surface area contributed by atoms with Gasteiger partial charge in [-0.3, -0.25) is 9.69 Å². The number of piperidine rings is 1. The molecule has 1 amide bonds. The van der Waals surface area contributed by atoms with Crippen LogP contribution in [0.5, 0.6) is 11.5 Å². The van der Waals surface area contributed by atoms with Gasteiger partial charge in [-0.1, -0.05) is 24.3 Å². The summed E-state index contributed by atoms with van der Waals surface area (Å²) in [7, 11) is 0. The highest BCUT2D eigenvalue weighted by molar-refractivity contribution is 5.87. The number of carbonyl (C=O) groups excluding carboxylic acids is 1. The maximum absolute atomic E-state index is 13.6. The molecule has 7 nitrogen and oxygen atoms in total. The van der Waals surface area contributed by atoms with Gasteiger partial charge in [-0.25, -0.2) is 9.18 Å². The van der Waals surface area contributed by atoms with Crippen molar-refractivity contribution in [2.75, 3.05) is 32.8 Å². The van der Waals surface area contributed by atoms with E-state index in [0.29, 0.717) is 26.2 Å². The van der Waals surface area contributed by atoms with Crippen LogP contribution in [0.3, 0.4) is 0 Å². The third-order valence-corrected chi connectivity index (χ3v) is 8.16. The van der Waals surface area contributed by atoms with Gasteiger partial charge in [0.05, 0.1) is 24.3 Å². The Kier molecular flexibility index (Phi) is 8.59. The molecule has 0 unspecified atom stereocenters. The van der Waals surface area contributed by atoms with Crippen LogP contribution < -0.4 is 9.47 Å². The molecule has 2 heterocycles. The first kappa shape index (κ1) is 28.6. The zero-order valence-corrected chi connectivity index (χ0v) is 23.7. The molecule has 1 spiro atoms. The predicted octanol–water partition coefficient (Wildman–Crippen LogP) is 6.00. The van der Waals surface area contributed by atoms with Gasteiger partial charge in [0.25, 0.3) is 0 Å². The van der Waals surface area contributed by atoms with Crippen LogP contribution >= 0.6 is 0 Å². The van der Waals surface area contributed by atoms with E-state index >= 15 is 0 Å². The lowest BCUT2D eigenvalue weighted by Gasteiger charge is -2.39. The molecule has 41 heavy (non-hydrogen) atoms. The number of rotatable bonds is 10. The van der Waals surface area contributed by atoms with Gasteiger partial charge >= 0.3 is 5.97 Å². The first-order valence-electron chi connectivity index (χ1n) is 14.3. The van der Waals surface area contributed by atoms with E-state index in [1.165, 1.54) is 12.1 Å². The van der Waals surface area contributed by atoms with Crippen LogP contribution in [0.25, 0.3) is 11.1 Å². The summed E-state index contributed by atoms with van der Waals surface area (Å²) >= 11 is 0. The molecule has 0 saturated carbocycles. The molecule has 5 rings (SSSR count). The standard InChI is InChI=1S/C33H37FN2O5/c1-3-40-28-17-24(18-29(41-4-2)31(28)25-9-11-27(34)12-10-25)20-35-15-13-33(14-16-35)19-30(37)36(22-33)21-23-5-7-26(8-6-23)32(38)39/h5-12,17-18H,3-4,13-16,19-22H2,1-2H3,(H,38,39). The number of likely N-dealkylation sites (tertiary alicyclic amines) is 2. The first-order chi connectivity index (χ1) is 19.8. The number of carboxylic acid groups (broad SMARTS) is 1. The molecule has 0 bridgehead atoms. The molecular weight excluding hydrogens is 523 g/mol. The fourth-order valence-corrected chi connectivity index (χ4v) is 6.05. The van der Waals surface area contributed by atoms with Gasteiger partial charge in [-0.05, 0) is 98.3 Å². The monoisotopic (exact) mass is 560 g/mol. The van der Waals surface area contributed by atoms with Crippen molar-refractivity contribution in [2.24, 2.45) is 5.41 Å². The number of aromatic carboxylic acids is 1. The summed E-state index contributed by atoms with van der Waals surface area (Å²) in [5.41, 5.74) is 3.94. The van der Waals surface area contributed by atoms with Gasteiger partial charge in [0.15, 0.2) is 0 Å². The largest absolute Gasteiger partial charge is 0.493 e. The fourth-order valence-electron chi connectivity index (χ4n) is 6.05. The first-order valence-corrected chi connectivity index (χ1v) is 14.3. The number of ether oxygens (including phenoxy) is 2. The van der Waals surface area contributed by atoms with Crippen molar-refractivity contribution in [3.8, 4) is 22.6 Å². The van der Waals surface area contributed by atoms with E-state index in [9.17, 15) is 14.0 Å². The van der Waals surface area contributed by atoms with E-state index < -0.39 is 5.97 Å². The van der Waals surface area contributed by atoms with E-state index in [-0.39, 0.29) is 22.7 Å². The highest BCUT2D eigenvalue weighted by Crippen LogP contribution is 2.43. The van der Waals surface area contributed by atoms with Crippen molar-refractivity contribution < 1.29 is 28.6 Å². The molecule has 2 aliphatic heterocycles. The van der Waals surface area contributed by atoms with Crippen molar-refractivity contribution in [1.82, 2.24) is 9.80 Å². The van der Waals surface area contributed by atoms with Gasteiger partial charge in [0.1, 0.15) is 17.3 Å². The van der Waals surface area contributed by atoms with Crippen molar-refractivity contribution >= 4 is 11.9 Å². The Bertz CT molecular complexity index is 1350. The van der Waals surface area contributed by atoms with Gasteiger partial charge in [-0.15, -0.1) is 0 Å². The van der Waals surface area contributed by atoms with Crippen LogP contribution in [-0.2, 0) is 17.9 Å². The number of amides is 1. The average molecular weight is 561 g/mol. The van der Waals surface area contributed by atoms with Crippen LogP contribution in [0.4, 0.5) is 4.39 Å². The minimum absolute atomic E-state index is 0.0198. The van der Waals surface area contributed by atoms with Crippen LogP contribution in [0, 0.1) is 11.2 Å². The molecule has 0 aromatic heterocycles. The van der Waals surface area contributed by atoms with Crippen molar-refractivity contribution in [2.45, 2.75) is 46.2 Å². The SMILES string of the molecule is CCOc1cc(CN2CCC3(CC2)CC(=O)N(Cc2ccc(C(=O)O)cc2)C3)cc(OCC)c1-c1ccc(F)cc1. The lowest BCUT2D eigenvalue weighted by atomic mass is 9.77. The summed E-state index contributed by atoms with van der Waals surface area (Å²) in [5, 5.41) is 9.13. The zero-order valence-electron chi connectivity index (χ0n) is 23.7. The number of nitrogens with zero attached hydrogens (tertiary/aromatic N) is 2. The molecule has 3 aromatic rings. The van der Waals surface area contributed by atoms with Crippen molar-refractivity contribution in [3.05, 3.63) is 83.2 Å². The van der Waals surface area contributed by atoms with E-state index in [0.717, 1.165) is 72.8 Å². The molecule has 0 radical (unpaired) electrons. The maximum Gasteiger partial charge on any atom is 0.335 e. The quantitative estimate of drug-likeness (QED) is 0.328. The highest BCUT2D eigenvalue weighted by atomic mass is 19.1. The molecule has 0 aliphatic carbocycles. The maximum atomic E-state index is 13.6. The summed E-state index contributed by atoms with van der Waals surface area (Å²) in [6.07, 6.45) is 2.44. The van der Waals surface area contributed by atoms with Gasteiger partial charge < -0.3 is 19.5 Å². The Labute approximate surface area is 240 Å². The van der Waals surface area contributed by atoms with E-state index in [1.54, 1.807) is 36.4 Å². The smallest absolute Gasteiger partial charge is 0.335 e. The molecular formula is C33H37FN2O5. The van der Waals surface area contributed by atoms with Gasteiger partial charge in [0, 0.05) is 26.1 Å². The van der Waals surface area contributed by atoms with Gasteiger partial charge in [0.2, 0.25) is 5.91 Å². The van der Waals surface area contributed by atoms with Crippen LogP contribution in [0.2, 0.25) is 0 Å². The average Bonchev–Trinajstić information content (AvgIpc) is 3.25. The number of hydrogen-bond donors (Lipinski definition) is 1. The molecule has 0 atom stereocenters. The lowest BCUT2D eigenvalue weighted by molar-refractivity contribution is -0.128. The Morgan fingerprint density at radius 3 is 2.07 bits per heavy atom. The normalized spacial score (nSPS) is 16.8. The topological polar surface area (TPSA) is 79.3 Å². The molecule has 216 valence electrons.